The molecule has 0 amide bonds. The fourth-order valence-electron chi connectivity index (χ4n) is 1.05. The van der Waals surface area contributed by atoms with Crippen LogP contribution in [0.5, 0.6) is 0 Å². The van der Waals surface area contributed by atoms with Crippen LogP contribution in [0.3, 0.4) is 0 Å². The minimum atomic E-state index is -0.582. The molecule has 4 heteroatoms. The molecule has 1 atom stereocenters. The van der Waals surface area contributed by atoms with Crippen molar-refractivity contribution in [1.82, 2.24) is 5.32 Å². The van der Waals surface area contributed by atoms with Gasteiger partial charge in [-0.05, 0) is 20.4 Å². The quantitative estimate of drug-likeness (QED) is 0.592. The van der Waals surface area contributed by atoms with Crippen LogP contribution in [0.2, 0.25) is 0 Å². The van der Waals surface area contributed by atoms with E-state index in [0.29, 0.717) is 26.4 Å². The monoisotopic (exact) mass is 200 g/mol. The van der Waals surface area contributed by atoms with Gasteiger partial charge in [-0.15, -0.1) is 0 Å². The Morgan fingerprint density at radius 2 is 1.93 bits per heavy atom. The molecule has 0 saturated carbocycles. The average molecular weight is 200 g/mol. The van der Waals surface area contributed by atoms with Crippen LogP contribution in [0.15, 0.2) is 0 Å². The largest absolute Gasteiger partial charge is 0.379 e. The molecule has 0 rings (SSSR count). The maximum absolute atomic E-state index is 8.90. The molecular weight excluding hydrogens is 180 g/mol. The first kappa shape index (κ1) is 13.4. The van der Waals surface area contributed by atoms with Gasteiger partial charge in [0.2, 0.25) is 0 Å². The standard InChI is InChI=1S/C10H20N2O2/c1-4-12-10(3,8-11)9-14-7-6-13-5-2/h12H,4-7,9H2,1-3H3. The Hall–Kier alpha value is -0.630. The zero-order valence-electron chi connectivity index (χ0n) is 9.30. The van der Waals surface area contributed by atoms with Crippen molar-refractivity contribution in [2.24, 2.45) is 0 Å². The molecule has 0 aliphatic carbocycles. The van der Waals surface area contributed by atoms with Gasteiger partial charge in [0, 0.05) is 6.61 Å². The second-order valence-electron chi connectivity index (χ2n) is 3.22. The number of nitriles is 1. The normalized spacial score (nSPS) is 14.7. The zero-order valence-corrected chi connectivity index (χ0v) is 9.30. The van der Waals surface area contributed by atoms with Crippen molar-refractivity contribution in [3.05, 3.63) is 0 Å². The predicted octanol–water partition coefficient (Wildman–Crippen LogP) is 0.931. The number of hydrogen-bond acceptors (Lipinski definition) is 4. The summed E-state index contributed by atoms with van der Waals surface area (Å²) in [5, 5.41) is 12.0. The third-order valence-electron chi connectivity index (χ3n) is 1.78. The molecule has 0 heterocycles. The van der Waals surface area contributed by atoms with E-state index >= 15 is 0 Å². The van der Waals surface area contributed by atoms with Crippen molar-refractivity contribution < 1.29 is 9.47 Å². The van der Waals surface area contributed by atoms with Gasteiger partial charge in [-0.1, -0.05) is 6.92 Å². The van der Waals surface area contributed by atoms with E-state index in [9.17, 15) is 0 Å². The van der Waals surface area contributed by atoms with Crippen molar-refractivity contribution in [3.8, 4) is 6.07 Å². The van der Waals surface area contributed by atoms with Crippen molar-refractivity contribution in [3.63, 3.8) is 0 Å². The molecule has 0 radical (unpaired) electrons. The van der Waals surface area contributed by atoms with Crippen LogP contribution in [0.4, 0.5) is 0 Å². The van der Waals surface area contributed by atoms with Gasteiger partial charge in [0.25, 0.3) is 0 Å². The number of nitrogens with one attached hydrogen (secondary N) is 1. The highest BCUT2D eigenvalue weighted by Crippen LogP contribution is 2.01. The molecule has 1 N–H and O–H groups in total. The summed E-state index contributed by atoms with van der Waals surface area (Å²) in [6.45, 7) is 8.72. The lowest BCUT2D eigenvalue weighted by Gasteiger charge is -2.22. The molecule has 0 aromatic heterocycles. The highest BCUT2D eigenvalue weighted by Gasteiger charge is 2.22. The molecule has 0 aliphatic heterocycles. The second kappa shape index (κ2) is 7.74. The summed E-state index contributed by atoms with van der Waals surface area (Å²) in [4.78, 5) is 0. The van der Waals surface area contributed by atoms with Gasteiger partial charge < -0.3 is 9.47 Å². The lowest BCUT2D eigenvalue weighted by Crippen LogP contribution is -2.45. The Morgan fingerprint density at radius 3 is 2.43 bits per heavy atom. The lowest BCUT2D eigenvalue weighted by atomic mass is 10.1. The SMILES string of the molecule is CCNC(C)(C#N)COCCOCC. The summed E-state index contributed by atoms with van der Waals surface area (Å²) in [7, 11) is 0. The number of likely N-dealkylation sites (N-methyl/N-ethyl adjacent to an activating group) is 1. The summed E-state index contributed by atoms with van der Waals surface area (Å²) < 4.78 is 10.4. The van der Waals surface area contributed by atoms with Crippen LogP contribution in [0.25, 0.3) is 0 Å². The van der Waals surface area contributed by atoms with Crippen LogP contribution >= 0.6 is 0 Å². The van der Waals surface area contributed by atoms with Gasteiger partial charge in [0.05, 0.1) is 25.9 Å². The van der Waals surface area contributed by atoms with E-state index in [-0.39, 0.29) is 0 Å². The van der Waals surface area contributed by atoms with E-state index in [1.807, 2.05) is 20.8 Å². The average Bonchev–Trinajstić information content (AvgIpc) is 2.18. The first-order valence-corrected chi connectivity index (χ1v) is 5.00. The molecule has 0 saturated heterocycles. The fraction of sp³-hybridized carbons (Fsp3) is 0.900. The number of nitrogens with zero attached hydrogens (tertiary/aromatic N) is 1. The lowest BCUT2D eigenvalue weighted by molar-refractivity contribution is 0.0363. The first-order valence-electron chi connectivity index (χ1n) is 5.00. The fourth-order valence-corrected chi connectivity index (χ4v) is 1.05. The Labute approximate surface area is 86.2 Å². The maximum Gasteiger partial charge on any atom is 0.127 e. The molecule has 14 heavy (non-hydrogen) atoms. The van der Waals surface area contributed by atoms with Crippen molar-refractivity contribution in [1.29, 1.82) is 5.26 Å². The number of hydrogen-bond donors (Lipinski definition) is 1. The van der Waals surface area contributed by atoms with E-state index in [0.717, 1.165) is 6.54 Å². The van der Waals surface area contributed by atoms with Gasteiger partial charge >= 0.3 is 0 Å². The minimum Gasteiger partial charge on any atom is -0.379 e. The summed E-state index contributed by atoms with van der Waals surface area (Å²) in [5.74, 6) is 0. The van der Waals surface area contributed by atoms with Gasteiger partial charge in [0.1, 0.15) is 5.54 Å². The Bertz CT molecular complexity index is 179. The molecule has 0 spiro atoms. The second-order valence-corrected chi connectivity index (χ2v) is 3.22. The highest BCUT2D eigenvalue weighted by molar-refractivity contribution is 5.03. The molecule has 0 bridgehead atoms. The molecule has 0 aromatic carbocycles. The third-order valence-corrected chi connectivity index (χ3v) is 1.78. The van der Waals surface area contributed by atoms with Crippen LogP contribution < -0.4 is 5.32 Å². The molecule has 1 unspecified atom stereocenters. The smallest absolute Gasteiger partial charge is 0.127 e. The van der Waals surface area contributed by atoms with Crippen LogP contribution in [-0.4, -0.2) is 38.5 Å². The summed E-state index contributed by atoms with van der Waals surface area (Å²) >= 11 is 0. The highest BCUT2D eigenvalue weighted by atomic mass is 16.5. The van der Waals surface area contributed by atoms with Gasteiger partial charge in [0.15, 0.2) is 0 Å². The molecule has 0 aromatic rings. The van der Waals surface area contributed by atoms with E-state index in [1.165, 1.54) is 0 Å². The summed E-state index contributed by atoms with van der Waals surface area (Å²) in [6.07, 6.45) is 0. The summed E-state index contributed by atoms with van der Waals surface area (Å²) in [5.41, 5.74) is -0.582. The number of rotatable bonds is 8. The minimum absolute atomic E-state index is 0.393. The Balaban J connectivity index is 3.58. The van der Waals surface area contributed by atoms with E-state index in [4.69, 9.17) is 14.7 Å². The van der Waals surface area contributed by atoms with Crippen LogP contribution in [-0.2, 0) is 9.47 Å². The Kier molecular flexibility index (Phi) is 7.40. The van der Waals surface area contributed by atoms with Gasteiger partial charge in [-0.25, -0.2) is 0 Å². The molecule has 82 valence electrons. The topological polar surface area (TPSA) is 54.3 Å². The molecular formula is C10H20N2O2. The Morgan fingerprint density at radius 1 is 1.29 bits per heavy atom. The third kappa shape index (κ3) is 5.92. The predicted molar refractivity (Wildman–Crippen MR) is 55.0 cm³/mol. The van der Waals surface area contributed by atoms with E-state index < -0.39 is 5.54 Å². The molecule has 0 fully saturated rings. The summed E-state index contributed by atoms with van der Waals surface area (Å²) in [6, 6.07) is 2.19. The van der Waals surface area contributed by atoms with Crippen molar-refractivity contribution in [2.45, 2.75) is 26.3 Å². The maximum atomic E-state index is 8.90. The van der Waals surface area contributed by atoms with Crippen LogP contribution in [0, 0.1) is 11.3 Å². The van der Waals surface area contributed by atoms with Gasteiger partial charge in [-0.3, -0.25) is 5.32 Å². The first-order chi connectivity index (χ1) is 6.68. The molecule has 4 nitrogen and oxygen atoms in total. The van der Waals surface area contributed by atoms with E-state index in [2.05, 4.69) is 11.4 Å². The van der Waals surface area contributed by atoms with Crippen molar-refractivity contribution in [2.75, 3.05) is 33.0 Å². The van der Waals surface area contributed by atoms with Crippen molar-refractivity contribution >= 4 is 0 Å². The zero-order chi connectivity index (χ0) is 10.9. The molecule has 0 aliphatic rings. The number of ether oxygens (including phenoxy) is 2. The van der Waals surface area contributed by atoms with Gasteiger partial charge in [-0.2, -0.15) is 5.26 Å². The van der Waals surface area contributed by atoms with Crippen LogP contribution in [0.1, 0.15) is 20.8 Å². The van der Waals surface area contributed by atoms with E-state index in [1.54, 1.807) is 0 Å².